The first kappa shape index (κ1) is 16.4. The molecular weight excluding hydrogens is 288 g/mol. The molecular formula is C18H28N4O. The van der Waals surface area contributed by atoms with Crippen molar-refractivity contribution < 1.29 is 4.79 Å². The van der Waals surface area contributed by atoms with E-state index in [4.69, 9.17) is 0 Å². The molecule has 1 aromatic heterocycles. The van der Waals surface area contributed by atoms with E-state index in [9.17, 15) is 4.79 Å². The average molecular weight is 316 g/mol. The van der Waals surface area contributed by atoms with Gasteiger partial charge >= 0.3 is 0 Å². The van der Waals surface area contributed by atoms with Gasteiger partial charge in [-0.05, 0) is 44.5 Å². The summed E-state index contributed by atoms with van der Waals surface area (Å²) >= 11 is 0. The monoisotopic (exact) mass is 316 g/mol. The van der Waals surface area contributed by atoms with E-state index in [2.05, 4.69) is 21.8 Å². The van der Waals surface area contributed by atoms with Crippen molar-refractivity contribution in [1.82, 2.24) is 19.7 Å². The van der Waals surface area contributed by atoms with E-state index in [1.165, 1.54) is 25.9 Å². The number of rotatable bonds is 4. The van der Waals surface area contributed by atoms with Crippen LogP contribution in [0, 0.1) is 0 Å². The number of carbonyl (C=O) groups is 1. The Kier molecular flexibility index (Phi) is 5.62. The summed E-state index contributed by atoms with van der Waals surface area (Å²) in [6, 6.07) is 4.65. The van der Waals surface area contributed by atoms with Gasteiger partial charge in [0.15, 0.2) is 0 Å². The van der Waals surface area contributed by atoms with E-state index in [1.807, 2.05) is 23.2 Å². The minimum atomic E-state index is 0.286. The lowest BCUT2D eigenvalue weighted by atomic mass is 10.0. The molecule has 5 heteroatoms. The van der Waals surface area contributed by atoms with E-state index in [1.54, 1.807) is 6.20 Å². The fourth-order valence-electron chi connectivity index (χ4n) is 3.73. The van der Waals surface area contributed by atoms with E-state index < -0.39 is 0 Å². The van der Waals surface area contributed by atoms with Crippen molar-refractivity contribution in [1.29, 1.82) is 0 Å². The van der Waals surface area contributed by atoms with E-state index in [0.717, 1.165) is 38.2 Å². The van der Waals surface area contributed by atoms with Crippen LogP contribution < -0.4 is 0 Å². The quantitative estimate of drug-likeness (QED) is 0.838. The number of pyridine rings is 1. The number of piperazine rings is 1. The van der Waals surface area contributed by atoms with Crippen LogP contribution >= 0.6 is 0 Å². The minimum Gasteiger partial charge on any atom is -0.340 e. The van der Waals surface area contributed by atoms with Crippen molar-refractivity contribution in [2.24, 2.45) is 0 Å². The molecule has 3 rings (SSSR count). The summed E-state index contributed by atoms with van der Waals surface area (Å²) in [6.07, 6.45) is 7.61. The molecule has 1 atom stereocenters. The van der Waals surface area contributed by atoms with Gasteiger partial charge < -0.3 is 9.80 Å². The van der Waals surface area contributed by atoms with Crippen molar-refractivity contribution in [2.45, 2.75) is 31.7 Å². The molecule has 1 amide bonds. The number of carbonyl (C=O) groups excluding carboxylic acids is 1. The Hall–Kier alpha value is -1.46. The highest BCUT2D eigenvalue weighted by Gasteiger charge is 2.28. The third-order valence-electron chi connectivity index (χ3n) is 5.13. The fourth-order valence-corrected chi connectivity index (χ4v) is 3.73. The molecule has 0 saturated carbocycles. The SMILES string of the molecule is CN1CCCC(N2CCN(C(=O)CCc3cccnc3)CC2)C1. The summed E-state index contributed by atoms with van der Waals surface area (Å²) in [4.78, 5) is 23.5. The molecule has 2 aliphatic rings. The average Bonchev–Trinajstić information content (AvgIpc) is 2.61. The van der Waals surface area contributed by atoms with Gasteiger partial charge in [0.05, 0.1) is 0 Å². The maximum Gasteiger partial charge on any atom is 0.222 e. The van der Waals surface area contributed by atoms with Crippen LogP contribution in [-0.2, 0) is 11.2 Å². The molecule has 126 valence electrons. The molecule has 3 heterocycles. The van der Waals surface area contributed by atoms with E-state index >= 15 is 0 Å². The molecule has 0 bridgehead atoms. The highest BCUT2D eigenvalue weighted by Crippen LogP contribution is 2.17. The Morgan fingerprint density at radius 2 is 2.09 bits per heavy atom. The van der Waals surface area contributed by atoms with Gasteiger partial charge in [-0.15, -0.1) is 0 Å². The van der Waals surface area contributed by atoms with Crippen LogP contribution in [0.1, 0.15) is 24.8 Å². The molecule has 23 heavy (non-hydrogen) atoms. The van der Waals surface area contributed by atoms with Crippen molar-refractivity contribution in [3.05, 3.63) is 30.1 Å². The topological polar surface area (TPSA) is 39.7 Å². The summed E-state index contributed by atoms with van der Waals surface area (Å²) in [5.74, 6) is 0.286. The van der Waals surface area contributed by atoms with Gasteiger partial charge in [0.2, 0.25) is 5.91 Å². The molecule has 5 nitrogen and oxygen atoms in total. The van der Waals surface area contributed by atoms with E-state index in [-0.39, 0.29) is 5.91 Å². The summed E-state index contributed by atoms with van der Waals surface area (Å²) in [5.41, 5.74) is 1.14. The van der Waals surface area contributed by atoms with Crippen molar-refractivity contribution >= 4 is 5.91 Å². The zero-order valence-corrected chi connectivity index (χ0v) is 14.2. The normalized spacial score (nSPS) is 23.9. The van der Waals surface area contributed by atoms with Crippen LogP contribution in [0.15, 0.2) is 24.5 Å². The Balaban J connectivity index is 1.42. The number of aromatic nitrogens is 1. The molecule has 2 aliphatic heterocycles. The van der Waals surface area contributed by atoms with Gasteiger partial charge in [-0.3, -0.25) is 14.7 Å². The molecule has 0 aromatic carbocycles. The van der Waals surface area contributed by atoms with Crippen LogP contribution in [0.4, 0.5) is 0 Å². The zero-order chi connectivity index (χ0) is 16.1. The third-order valence-corrected chi connectivity index (χ3v) is 5.13. The molecule has 0 N–H and O–H groups in total. The number of amides is 1. The Morgan fingerprint density at radius 1 is 1.26 bits per heavy atom. The van der Waals surface area contributed by atoms with Gasteiger partial charge in [0.1, 0.15) is 0 Å². The maximum atomic E-state index is 12.4. The second-order valence-corrected chi connectivity index (χ2v) is 6.84. The smallest absolute Gasteiger partial charge is 0.222 e. The van der Waals surface area contributed by atoms with Gasteiger partial charge in [0.25, 0.3) is 0 Å². The fraction of sp³-hybridized carbons (Fsp3) is 0.667. The predicted molar refractivity (Wildman–Crippen MR) is 91.2 cm³/mol. The molecule has 2 saturated heterocycles. The third kappa shape index (κ3) is 4.52. The number of piperidine rings is 1. The van der Waals surface area contributed by atoms with Crippen LogP contribution in [-0.4, -0.2) is 77.9 Å². The van der Waals surface area contributed by atoms with Crippen LogP contribution in [0.2, 0.25) is 0 Å². The molecule has 2 fully saturated rings. The van der Waals surface area contributed by atoms with Crippen molar-refractivity contribution in [2.75, 3.05) is 46.3 Å². The Morgan fingerprint density at radius 3 is 2.78 bits per heavy atom. The molecule has 0 radical (unpaired) electrons. The van der Waals surface area contributed by atoms with Gasteiger partial charge in [-0.1, -0.05) is 6.07 Å². The van der Waals surface area contributed by atoms with Crippen LogP contribution in [0.3, 0.4) is 0 Å². The number of hydrogen-bond acceptors (Lipinski definition) is 4. The maximum absolute atomic E-state index is 12.4. The molecule has 1 aromatic rings. The summed E-state index contributed by atoms with van der Waals surface area (Å²) < 4.78 is 0. The minimum absolute atomic E-state index is 0.286. The summed E-state index contributed by atoms with van der Waals surface area (Å²) in [7, 11) is 2.21. The van der Waals surface area contributed by atoms with Gasteiger partial charge in [-0.25, -0.2) is 0 Å². The second kappa shape index (κ2) is 7.88. The second-order valence-electron chi connectivity index (χ2n) is 6.84. The number of nitrogens with zero attached hydrogens (tertiary/aromatic N) is 4. The lowest BCUT2D eigenvalue weighted by Crippen LogP contribution is -2.55. The first-order valence-electron chi connectivity index (χ1n) is 8.81. The van der Waals surface area contributed by atoms with Gasteiger partial charge in [-0.2, -0.15) is 0 Å². The first-order valence-corrected chi connectivity index (χ1v) is 8.81. The number of likely N-dealkylation sites (N-methyl/N-ethyl adjacent to an activating group) is 1. The predicted octanol–water partition coefficient (Wildman–Crippen LogP) is 1.25. The van der Waals surface area contributed by atoms with E-state index in [0.29, 0.717) is 12.5 Å². The zero-order valence-electron chi connectivity index (χ0n) is 14.2. The standard InChI is InChI=1S/C18H28N4O/c1-20-9-3-5-17(15-20)21-10-12-22(13-11-21)18(23)7-6-16-4-2-8-19-14-16/h2,4,8,14,17H,3,5-7,9-13,15H2,1H3. The summed E-state index contributed by atoms with van der Waals surface area (Å²) in [6.45, 7) is 6.21. The van der Waals surface area contributed by atoms with Crippen LogP contribution in [0.25, 0.3) is 0 Å². The number of aryl methyl sites for hydroxylation is 1. The van der Waals surface area contributed by atoms with Crippen molar-refractivity contribution in [3.8, 4) is 0 Å². The highest BCUT2D eigenvalue weighted by atomic mass is 16.2. The molecule has 0 aliphatic carbocycles. The van der Waals surface area contributed by atoms with Crippen LogP contribution in [0.5, 0.6) is 0 Å². The number of hydrogen-bond donors (Lipinski definition) is 0. The highest BCUT2D eigenvalue weighted by molar-refractivity contribution is 5.76. The summed E-state index contributed by atoms with van der Waals surface area (Å²) in [5, 5.41) is 0. The molecule has 0 spiro atoms. The molecule has 1 unspecified atom stereocenters. The Labute approximate surface area is 139 Å². The van der Waals surface area contributed by atoms with Gasteiger partial charge in [0, 0.05) is 57.6 Å². The Bertz CT molecular complexity index is 499. The number of likely N-dealkylation sites (tertiary alicyclic amines) is 1. The van der Waals surface area contributed by atoms with Crippen molar-refractivity contribution in [3.63, 3.8) is 0 Å². The largest absolute Gasteiger partial charge is 0.340 e. The lowest BCUT2D eigenvalue weighted by molar-refractivity contribution is -0.133. The lowest BCUT2D eigenvalue weighted by Gasteiger charge is -2.42. The first-order chi connectivity index (χ1) is 11.2.